The Morgan fingerprint density at radius 3 is 2.60 bits per heavy atom. The second-order valence-electron chi connectivity index (χ2n) is 3.27. The number of aromatic nitrogens is 2. The lowest BCUT2D eigenvalue weighted by Gasteiger charge is -2.04. The van der Waals surface area contributed by atoms with Gasteiger partial charge in [-0.05, 0) is 19.4 Å². The van der Waals surface area contributed by atoms with Crippen molar-refractivity contribution in [2.45, 2.75) is 19.4 Å². The molecule has 0 spiro atoms. The first-order valence-electron chi connectivity index (χ1n) is 5.17. The number of aliphatic hydroxyl groups is 1. The van der Waals surface area contributed by atoms with Crippen LogP contribution in [0.4, 0.5) is 5.95 Å². The zero-order chi connectivity index (χ0) is 10.9. The molecule has 0 aliphatic carbocycles. The van der Waals surface area contributed by atoms with Crippen molar-refractivity contribution in [1.29, 1.82) is 0 Å². The molecule has 1 aromatic rings. The number of unbranched alkanes of at least 4 members (excludes halogenated alkanes) is 1. The summed E-state index contributed by atoms with van der Waals surface area (Å²) in [5.41, 5.74) is 1.07. The van der Waals surface area contributed by atoms with Crippen LogP contribution in [0.2, 0.25) is 0 Å². The molecule has 0 aromatic carbocycles. The molecule has 0 fully saturated rings. The van der Waals surface area contributed by atoms with Crippen LogP contribution in [0.15, 0.2) is 12.4 Å². The number of hydrogen-bond donors (Lipinski definition) is 3. The third kappa shape index (κ3) is 4.71. The number of anilines is 1. The summed E-state index contributed by atoms with van der Waals surface area (Å²) in [4.78, 5) is 8.22. The summed E-state index contributed by atoms with van der Waals surface area (Å²) in [5.74, 6) is 0.638. The molecule has 3 N–H and O–H groups in total. The standard InChI is InChI=1S/C10H18N4O/c1-11-10-13-7-9(8-14-10)6-12-4-2-3-5-15/h7-8,12,15H,2-6H2,1H3,(H,11,13,14). The molecule has 84 valence electrons. The molecule has 1 aromatic heterocycles. The minimum Gasteiger partial charge on any atom is -0.396 e. The van der Waals surface area contributed by atoms with Crippen molar-refractivity contribution in [3.8, 4) is 0 Å². The fourth-order valence-corrected chi connectivity index (χ4v) is 1.17. The van der Waals surface area contributed by atoms with E-state index in [0.29, 0.717) is 5.95 Å². The summed E-state index contributed by atoms with van der Waals surface area (Å²) in [5, 5.41) is 14.7. The molecule has 0 unspecified atom stereocenters. The molecule has 0 saturated heterocycles. The van der Waals surface area contributed by atoms with Crippen LogP contribution in [-0.2, 0) is 6.54 Å². The maximum atomic E-state index is 8.59. The molecular weight excluding hydrogens is 192 g/mol. The molecule has 5 nitrogen and oxygen atoms in total. The Morgan fingerprint density at radius 1 is 1.27 bits per heavy atom. The van der Waals surface area contributed by atoms with E-state index < -0.39 is 0 Å². The fourth-order valence-electron chi connectivity index (χ4n) is 1.17. The third-order valence-electron chi connectivity index (χ3n) is 2.02. The van der Waals surface area contributed by atoms with Crippen LogP contribution in [-0.4, -0.2) is 35.3 Å². The Bertz CT molecular complexity index is 263. The van der Waals surface area contributed by atoms with E-state index in [-0.39, 0.29) is 6.61 Å². The van der Waals surface area contributed by atoms with Crippen LogP contribution < -0.4 is 10.6 Å². The van der Waals surface area contributed by atoms with Gasteiger partial charge >= 0.3 is 0 Å². The predicted molar refractivity (Wildman–Crippen MR) is 59.6 cm³/mol. The van der Waals surface area contributed by atoms with Crippen LogP contribution in [0.5, 0.6) is 0 Å². The van der Waals surface area contributed by atoms with E-state index >= 15 is 0 Å². The highest BCUT2D eigenvalue weighted by Gasteiger charge is 1.95. The monoisotopic (exact) mass is 210 g/mol. The van der Waals surface area contributed by atoms with Crippen LogP contribution in [0.25, 0.3) is 0 Å². The van der Waals surface area contributed by atoms with Gasteiger partial charge in [0.15, 0.2) is 0 Å². The van der Waals surface area contributed by atoms with E-state index in [1.165, 1.54) is 0 Å². The molecule has 0 saturated carbocycles. The molecule has 0 bridgehead atoms. The van der Waals surface area contributed by atoms with Crippen molar-refractivity contribution in [2.24, 2.45) is 0 Å². The Hall–Kier alpha value is -1.20. The van der Waals surface area contributed by atoms with Gasteiger partial charge in [-0.2, -0.15) is 0 Å². The van der Waals surface area contributed by atoms with Gasteiger partial charge < -0.3 is 15.7 Å². The first-order chi connectivity index (χ1) is 7.36. The van der Waals surface area contributed by atoms with E-state index in [2.05, 4.69) is 20.6 Å². The molecule has 15 heavy (non-hydrogen) atoms. The fraction of sp³-hybridized carbons (Fsp3) is 0.600. The quantitative estimate of drug-likeness (QED) is 0.568. The van der Waals surface area contributed by atoms with Gasteiger partial charge in [0.1, 0.15) is 0 Å². The maximum absolute atomic E-state index is 8.59. The third-order valence-corrected chi connectivity index (χ3v) is 2.02. The molecule has 5 heteroatoms. The molecule has 1 rings (SSSR count). The van der Waals surface area contributed by atoms with Gasteiger partial charge in [0.05, 0.1) is 0 Å². The Kier molecular flexibility index (Phi) is 5.65. The van der Waals surface area contributed by atoms with Crippen molar-refractivity contribution in [1.82, 2.24) is 15.3 Å². The number of hydrogen-bond acceptors (Lipinski definition) is 5. The Morgan fingerprint density at radius 2 is 2.00 bits per heavy atom. The summed E-state index contributed by atoms with van der Waals surface area (Å²) in [6.07, 6.45) is 5.45. The molecule has 1 heterocycles. The molecule has 0 aliphatic heterocycles. The van der Waals surface area contributed by atoms with Crippen molar-refractivity contribution >= 4 is 5.95 Å². The molecule has 0 atom stereocenters. The second kappa shape index (κ2) is 7.14. The summed E-state index contributed by atoms with van der Waals surface area (Å²) < 4.78 is 0. The summed E-state index contributed by atoms with van der Waals surface area (Å²) in [6.45, 7) is 1.95. The second-order valence-corrected chi connectivity index (χ2v) is 3.27. The molecular formula is C10H18N4O. The summed E-state index contributed by atoms with van der Waals surface area (Å²) in [6, 6.07) is 0. The van der Waals surface area contributed by atoms with Gasteiger partial charge in [-0.15, -0.1) is 0 Å². The van der Waals surface area contributed by atoms with E-state index in [1.54, 1.807) is 19.4 Å². The van der Waals surface area contributed by atoms with Crippen LogP contribution in [0, 0.1) is 0 Å². The lowest BCUT2D eigenvalue weighted by Crippen LogP contribution is -2.15. The first-order valence-corrected chi connectivity index (χ1v) is 5.17. The van der Waals surface area contributed by atoms with Gasteiger partial charge in [-0.1, -0.05) is 0 Å². The SMILES string of the molecule is CNc1ncc(CNCCCCO)cn1. The summed E-state index contributed by atoms with van der Waals surface area (Å²) >= 11 is 0. The van der Waals surface area contributed by atoms with Crippen molar-refractivity contribution in [3.05, 3.63) is 18.0 Å². The van der Waals surface area contributed by atoms with Gasteiger partial charge in [0, 0.05) is 38.2 Å². The van der Waals surface area contributed by atoms with Crippen LogP contribution in [0.1, 0.15) is 18.4 Å². The average molecular weight is 210 g/mol. The number of rotatable bonds is 7. The molecule has 0 amide bonds. The van der Waals surface area contributed by atoms with Crippen LogP contribution >= 0.6 is 0 Å². The average Bonchev–Trinajstić information content (AvgIpc) is 2.30. The van der Waals surface area contributed by atoms with Gasteiger partial charge in [-0.3, -0.25) is 0 Å². The largest absolute Gasteiger partial charge is 0.396 e. The highest BCUT2D eigenvalue weighted by atomic mass is 16.2. The number of nitrogens with one attached hydrogen (secondary N) is 2. The molecule has 0 radical (unpaired) electrons. The molecule has 0 aliphatic rings. The van der Waals surface area contributed by atoms with Gasteiger partial charge in [0.2, 0.25) is 5.95 Å². The predicted octanol–water partition coefficient (Wildman–Crippen LogP) is 0.380. The Labute approximate surface area is 90.0 Å². The van der Waals surface area contributed by atoms with Crippen LogP contribution in [0.3, 0.4) is 0 Å². The maximum Gasteiger partial charge on any atom is 0.222 e. The Balaban J connectivity index is 2.20. The first kappa shape index (κ1) is 11.9. The topological polar surface area (TPSA) is 70.1 Å². The lowest BCUT2D eigenvalue weighted by atomic mass is 10.3. The van der Waals surface area contributed by atoms with E-state index in [9.17, 15) is 0 Å². The van der Waals surface area contributed by atoms with E-state index in [0.717, 1.165) is 31.5 Å². The minimum absolute atomic E-state index is 0.266. The van der Waals surface area contributed by atoms with E-state index in [4.69, 9.17) is 5.11 Å². The zero-order valence-corrected chi connectivity index (χ0v) is 9.03. The minimum atomic E-state index is 0.266. The van der Waals surface area contributed by atoms with Crippen molar-refractivity contribution < 1.29 is 5.11 Å². The highest BCUT2D eigenvalue weighted by Crippen LogP contribution is 1.98. The van der Waals surface area contributed by atoms with Crippen molar-refractivity contribution in [2.75, 3.05) is 25.5 Å². The number of nitrogens with zero attached hydrogens (tertiary/aromatic N) is 2. The smallest absolute Gasteiger partial charge is 0.222 e. The lowest BCUT2D eigenvalue weighted by molar-refractivity contribution is 0.283. The van der Waals surface area contributed by atoms with E-state index in [1.807, 2.05) is 0 Å². The zero-order valence-electron chi connectivity index (χ0n) is 9.03. The number of aliphatic hydroxyl groups excluding tert-OH is 1. The van der Waals surface area contributed by atoms with Gasteiger partial charge in [-0.25, -0.2) is 9.97 Å². The van der Waals surface area contributed by atoms with Gasteiger partial charge in [0.25, 0.3) is 0 Å². The normalized spacial score (nSPS) is 10.3. The summed E-state index contributed by atoms with van der Waals surface area (Å²) in [7, 11) is 1.79. The van der Waals surface area contributed by atoms with Crippen molar-refractivity contribution in [3.63, 3.8) is 0 Å². The highest BCUT2D eigenvalue weighted by molar-refractivity contribution is 5.22.